The first-order valence-electron chi connectivity index (χ1n) is 8.37. The number of carbonyl (C=O) groups is 2. The molecule has 0 unspecified atom stereocenters. The van der Waals surface area contributed by atoms with Gasteiger partial charge in [-0.3, -0.25) is 9.59 Å². The molecule has 0 aliphatic heterocycles. The van der Waals surface area contributed by atoms with E-state index in [-0.39, 0.29) is 18.4 Å². The minimum absolute atomic E-state index is 0.0456. The van der Waals surface area contributed by atoms with Crippen molar-refractivity contribution in [1.82, 2.24) is 4.90 Å². The zero-order chi connectivity index (χ0) is 17.5. The molecule has 0 spiro atoms. The zero-order valence-corrected chi connectivity index (χ0v) is 14.7. The van der Waals surface area contributed by atoms with Crippen molar-refractivity contribution in [1.29, 1.82) is 0 Å². The van der Waals surface area contributed by atoms with E-state index < -0.39 is 0 Å². The zero-order valence-electron chi connectivity index (χ0n) is 14.7. The summed E-state index contributed by atoms with van der Waals surface area (Å²) >= 11 is 0. The molecule has 24 heavy (non-hydrogen) atoms. The Morgan fingerprint density at radius 1 is 1.25 bits per heavy atom. The Balaban J connectivity index is 2.01. The first kappa shape index (κ1) is 18.0. The molecule has 0 bridgehead atoms. The molecule has 1 aromatic rings. The standard InChI is InChI=1S/C19H26N2O3/c1-14-9-10-16(17(11-14)24-13-19(23)21(2)3)20-18(22)12-15-7-5-4-6-8-15/h7,9-11H,4-6,8,12-13H2,1-3H3,(H,20,22). The highest BCUT2D eigenvalue weighted by Crippen LogP contribution is 2.27. The average Bonchev–Trinajstić information content (AvgIpc) is 2.55. The minimum atomic E-state index is -0.124. The van der Waals surface area contributed by atoms with Crippen molar-refractivity contribution in [3.8, 4) is 5.75 Å². The SMILES string of the molecule is Cc1ccc(NC(=O)CC2=CCCCC2)c(OCC(=O)N(C)C)c1. The van der Waals surface area contributed by atoms with E-state index in [1.54, 1.807) is 14.1 Å². The Morgan fingerprint density at radius 2 is 2.04 bits per heavy atom. The van der Waals surface area contributed by atoms with Crippen molar-refractivity contribution in [2.24, 2.45) is 0 Å². The maximum atomic E-state index is 12.3. The highest BCUT2D eigenvalue weighted by Gasteiger charge is 2.13. The van der Waals surface area contributed by atoms with Crippen LogP contribution < -0.4 is 10.1 Å². The van der Waals surface area contributed by atoms with E-state index in [1.165, 1.54) is 16.9 Å². The third-order valence-corrected chi connectivity index (χ3v) is 4.03. The number of anilines is 1. The number of likely N-dealkylation sites (N-methyl/N-ethyl adjacent to an activating group) is 1. The lowest BCUT2D eigenvalue weighted by Crippen LogP contribution is -2.27. The summed E-state index contributed by atoms with van der Waals surface area (Å²) < 4.78 is 5.61. The maximum Gasteiger partial charge on any atom is 0.259 e. The predicted octanol–water partition coefficient (Wildman–Crippen LogP) is 3.29. The summed E-state index contributed by atoms with van der Waals surface area (Å²) in [6, 6.07) is 5.56. The van der Waals surface area contributed by atoms with Crippen molar-refractivity contribution in [2.45, 2.75) is 39.0 Å². The molecule has 0 fully saturated rings. The molecule has 2 rings (SSSR count). The van der Waals surface area contributed by atoms with Crippen LogP contribution in [0.2, 0.25) is 0 Å². The lowest BCUT2D eigenvalue weighted by molar-refractivity contribution is -0.130. The molecule has 1 aromatic carbocycles. The Morgan fingerprint density at radius 3 is 2.71 bits per heavy atom. The Hall–Kier alpha value is -2.30. The van der Waals surface area contributed by atoms with Crippen LogP contribution in [-0.2, 0) is 9.59 Å². The third-order valence-electron chi connectivity index (χ3n) is 4.03. The lowest BCUT2D eigenvalue weighted by Gasteiger charge is -2.16. The van der Waals surface area contributed by atoms with E-state index in [2.05, 4.69) is 11.4 Å². The lowest BCUT2D eigenvalue weighted by atomic mass is 9.97. The van der Waals surface area contributed by atoms with Gasteiger partial charge in [0, 0.05) is 20.5 Å². The van der Waals surface area contributed by atoms with E-state index in [0.717, 1.165) is 24.8 Å². The average molecular weight is 330 g/mol. The van der Waals surface area contributed by atoms with Crippen LogP contribution in [0.25, 0.3) is 0 Å². The fourth-order valence-electron chi connectivity index (χ4n) is 2.59. The van der Waals surface area contributed by atoms with Crippen molar-refractivity contribution < 1.29 is 14.3 Å². The number of allylic oxidation sites excluding steroid dienone is 1. The molecular formula is C19H26N2O3. The molecule has 0 radical (unpaired) electrons. The van der Waals surface area contributed by atoms with Gasteiger partial charge in [0.1, 0.15) is 5.75 Å². The first-order valence-corrected chi connectivity index (χ1v) is 8.37. The number of nitrogens with zero attached hydrogens (tertiary/aromatic N) is 1. The maximum absolute atomic E-state index is 12.3. The summed E-state index contributed by atoms with van der Waals surface area (Å²) in [7, 11) is 3.37. The number of benzene rings is 1. The molecule has 1 aliphatic carbocycles. The van der Waals surface area contributed by atoms with Crippen LogP contribution in [0.4, 0.5) is 5.69 Å². The third kappa shape index (κ3) is 5.41. The fraction of sp³-hybridized carbons (Fsp3) is 0.474. The summed E-state index contributed by atoms with van der Waals surface area (Å²) in [4.78, 5) is 25.5. The van der Waals surface area contributed by atoms with E-state index in [9.17, 15) is 9.59 Å². The molecule has 1 aliphatic rings. The molecule has 0 saturated heterocycles. The van der Waals surface area contributed by atoms with Gasteiger partial charge in [-0.1, -0.05) is 17.7 Å². The smallest absolute Gasteiger partial charge is 0.259 e. The van der Waals surface area contributed by atoms with Gasteiger partial charge in [-0.15, -0.1) is 0 Å². The highest BCUT2D eigenvalue weighted by atomic mass is 16.5. The minimum Gasteiger partial charge on any atom is -0.482 e. The number of ether oxygens (including phenoxy) is 1. The molecule has 0 aromatic heterocycles. The quantitative estimate of drug-likeness (QED) is 0.814. The largest absolute Gasteiger partial charge is 0.482 e. The van der Waals surface area contributed by atoms with E-state index in [4.69, 9.17) is 4.74 Å². The van der Waals surface area contributed by atoms with E-state index in [0.29, 0.717) is 17.9 Å². The number of amides is 2. The van der Waals surface area contributed by atoms with Crippen LogP contribution in [-0.4, -0.2) is 37.4 Å². The monoisotopic (exact) mass is 330 g/mol. The number of carbonyl (C=O) groups excluding carboxylic acids is 2. The molecule has 5 nitrogen and oxygen atoms in total. The highest BCUT2D eigenvalue weighted by molar-refractivity contribution is 5.93. The van der Waals surface area contributed by atoms with Gasteiger partial charge < -0.3 is 15.0 Å². The van der Waals surface area contributed by atoms with Gasteiger partial charge in [-0.05, 0) is 50.3 Å². The predicted molar refractivity (Wildman–Crippen MR) is 95.2 cm³/mol. The molecule has 1 N–H and O–H groups in total. The topological polar surface area (TPSA) is 58.6 Å². The van der Waals surface area contributed by atoms with Crippen LogP contribution in [0.1, 0.15) is 37.7 Å². The van der Waals surface area contributed by atoms with Gasteiger partial charge in [-0.25, -0.2) is 0 Å². The van der Waals surface area contributed by atoms with Crippen LogP contribution in [0.3, 0.4) is 0 Å². The Kier molecular flexibility index (Phi) is 6.41. The number of hydrogen-bond donors (Lipinski definition) is 1. The Bertz CT molecular complexity index is 635. The number of aryl methyl sites for hydroxylation is 1. The summed E-state index contributed by atoms with van der Waals surface area (Å²) in [5.74, 6) is 0.355. The second-order valence-corrected chi connectivity index (χ2v) is 6.41. The van der Waals surface area contributed by atoms with Gasteiger partial charge in [0.25, 0.3) is 5.91 Å². The number of rotatable bonds is 6. The van der Waals surface area contributed by atoms with Gasteiger partial charge in [0.05, 0.1) is 5.69 Å². The molecule has 0 atom stereocenters. The molecule has 2 amide bonds. The van der Waals surface area contributed by atoms with Crippen LogP contribution in [0.15, 0.2) is 29.8 Å². The van der Waals surface area contributed by atoms with Crippen LogP contribution in [0, 0.1) is 6.92 Å². The van der Waals surface area contributed by atoms with Crippen molar-refractivity contribution >= 4 is 17.5 Å². The van der Waals surface area contributed by atoms with Gasteiger partial charge in [0.15, 0.2) is 6.61 Å². The summed E-state index contributed by atoms with van der Waals surface area (Å²) in [6.07, 6.45) is 7.02. The van der Waals surface area contributed by atoms with Crippen LogP contribution >= 0.6 is 0 Å². The summed E-state index contributed by atoms with van der Waals surface area (Å²) in [5.41, 5.74) is 2.82. The van der Waals surface area contributed by atoms with Gasteiger partial charge in [0.2, 0.25) is 5.91 Å². The summed E-state index contributed by atoms with van der Waals surface area (Å²) in [5, 5.41) is 2.91. The van der Waals surface area contributed by atoms with E-state index >= 15 is 0 Å². The summed E-state index contributed by atoms with van der Waals surface area (Å²) in [6.45, 7) is 1.89. The molecule has 5 heteroatoms. The molecule has 0 heterocycles. The van der Waals surface area contributed by atoms with Crippen molar-refractivity contribution in [3.05, 3.63) is 35.4 Å². The van der Waals surface area contributed by atoms with Crippen molar-refractivity contribution in [2.75, 3.05) is 26.0 Å². The number of hydrogen-bond acceptors (Lipinski definition) is 3. The van der Waals surface area contributed by atoms with Gasteiger partial charge >= 0.3 is 0 Å². The number of nitrogens with one attached hydrogen (secondary N) is 1. The second-order valence-electron chi connectivity index (χ2n) is 6.41. The fourth-order valence-corrected chi connectivity index (χ4v) is 2.59. The van der Waals surface area contributed by atoms with E-state index in [1.807, 2.05) is 25.1 Å². The first-order chi connectivity index (χ1) is 11.5. The normalized spacial score (nSPS) is 13.9. The van der Waals surface area contributed by atoms with Gasteiger partial charge in [-0.2, -0.15) is 0 Å². The molecule has 130 valence electrons. The van der Waals surface area contributed by atoms with Crippen molar-refractivity contribution in [3.63, 3.8) is 0 Å². The molecular weight excluding hydrogens is 304 g/mol. The van der Waals surface area contributed by atoms with Crippen LogP contribution in [0.5, 0.6) is 5.75 Å². The molecule has 0 saturated carbocycles. The Labute approximate surface area is 143 Å². The second kappa shape index (κ2) is 8.52.